The molecule has 0 bridgehead atoms. The van der Waals surface area contributed by atoms with Crippen LogP contribution in [0.1, 0.15) is 58.8 Å². The van der Waals surface area contributed by atoms with Crippen molar-refractivity contribution in [3.05, 3.63) is 0 Å². The molecule has 1 aliphatic carbocycles. The molecule has 88 valence electrons. The van der Waals surface area contributed by atoms with Crippen LogP contribution in [0.5, 0.6) is 0 Å². The number of hydrogen-bond donors (Lipinski definition) is 0. The van der Waals surface area contributed by atoms with Gasteiger partial charge in [0.2, 0.25) is 0 Å². The number of methoxy groups -OCH3 is 1. The van der Waals surface area contributed by atoms with E-state index < -0.39 is 0 Å². The molecule has 1 rings (SSSR count). The van der Waals surface area contributed by atoms with Crippen molar-refractivity contribution in [3.8, 4) is 0 Å². The van der Waals surface area contributed by atoms with E-state index in [1.807, 2.05) is 13.8 Å². The molecule has 1 aliphatic rings. The molecule has 0 saturated heterocycles. The largest absolute Gasteiger partial charge is 0.379 e. The van der Waals surface area contributed by atoms with Crippen LogP contribution in [-0.2, 0) is 9.53 Å². The molecule has 0 aromatic rings. The predicted octanol–water partition coefficient (Wildman–Crippen LogP) is 3.34. The quantitative estimate of drug-likeness (QED) is 0.698. The maximum Gasteiger partial charge on any atom is 0.136 e. The average Bonchev–Trinajstić information content (AvgIpc) is 2.27. The van der Waals surface area contributed by atoms with Crippen LogP contribution in [-0.4, -0.2) is 18.5 Å². The Balaban J connectivity index is 2.28. The molecule has 1 saturated carbocycles. The molecule has 1 fully saturated rings. The molecule has 0 N–H and O–H groups in total. The summed E-state index contributed by atoms with van der Waals surface area (Å²) in [7, 11) is 1.71. The third kappa shape index (κ3) is 4.33. The third-order valence-corrected chi connectivity index (χ3v) is 3.59. The van der Waals surface area contributed by atoms with Gasteiger partial charge in [0, 0.05) is 19.4 Å². The Morgan fingerprint density at radius 1 is 1.27 bits per heavy atom. The molecule has 0 aliphatic heterocycles. The maximum atomic E-state index is 11.9. The normalized spacial score (nSPS) is 19.1. The lowest BCUT2D eigenvalue weighted by Crippen LogP contribution is -2.26. The highest BCUT2D eigenvalue weighted by atomic mass is 16.5. The van der Waals surface area contributed by atoms with Crippen molar-refractivity contribution >= 4 is 5.78 Å². The van der Waals surface area contributed by atoms with Gasteiger partial charge in [-0.3, -0.25) is 4.79 Å². The van der Waals surface area contributed by atoms with E-state index >= 15 is 0 Å². The van der Waals surface area contributed by atoms with Gasteiger partial charge in [-0.1, -0.05) is 19.3 Å². The number of ketones is 1. The molecular weight excluding hydrogens is 188 g/mol. The van der Waals surface area contributed by atoms with Crippen LogP contribution < -0.4 is 0 Å². The highest BCUT2D eigenvalue weighted by Gasteiger charge is 2.24. The summed E-state index contributed by atoms with van der Waals surface area (Å²) in [5.41, 5.74) is -0.148. The van der Waals surface area contributed by atoms with E-state index in [-0.39, 0.29) is 5.60 Å². The molecule has 0 heterocycles. The van der Waals surface area contributed by atoms with Crippen molar-refractivity contribution in [2.75, 3.05) is 7.11 Å². The topological polar surface area (TPSA) is 26.3 Å². The second kappa shape index (κ2) is 5.64. The van der Waals surface area contributed by atoms with E-state index in [0.29, 0.717) is 18.1 Å². The van der Waals surface area contributed by atoms with Crippen LogP contribution in [0.2, 0.25) is 0 Å². The van der Waals surface area contributed by atoms with Crippen molar-refractivity contribution in [2.45, 2.75) is 64.4 Å². The van der Waals surface area contributed by atoms with Crippen molar-refractivity contribution in [1.29, 1.82) is 0 Å². The number of carbonyl (C=O) groups is 1. The summed E-state index contributed by atoms with van der Waals surface area (Å²) in [5.74, 6) is 0.811. The first kappa shape index (κ1) is 12.7. The summed E-state index contributed by atoms with van der Waals surface area (Å²) < 4.78 is 5.32. The Hall–Kier alpha value is -0.370. The Morgan fingerprint density at radius 3 is 2.40 bits per heavy atom. The predicted molar refractivity (Wildman–Crippen MR) is 61.9 cm³/mol. The SMILES string of the molecule is COC(C)(C)CCC(=O)C1CCCCC1. The summed E-state index contributed by atoms with van der Waals surface area (Å²) in [4.78, 5) is 11.9. The molecular formula is C13H24O2. The van der Waals surface area contributed by atoms with Crippen LogP contribution in [0, 0.1) is 5.92 Å². The summed E-state index contributed by atoms with van der Waals surface area (Å²) in [6.45, 7) is 4.09. The van der Waals surface area contributed by atoms with Crippen molar-refractivity contribution < 1.29 is 9.53 Å². The Bertz CT molecular complexity index is 203. The van der Waals surface area contributed by atoms with Crippen LogP contribution in [0.4, 0.5) is 0 Å². The summed E-state index contributed by atoms with van der Waals surface area (Å²) in [5, 5.41) is 0. The lowest BCUT2D eigenvalue weighted by Gasteiger charge is -2.25. The molecule has 0 unspecified atom stereocenters. The Morgan fingerprint density at radius 2 is 1.87 bits per heavy atom. The minimum atomic E-state index is -0.148. The highest BCUT2D eigenvalue weighted by Crippen LogP contribution is 2.27. The van der Waals surface area contributed by atoms with Gasteiger partial charge >= 0.3 is 0 Å². The fourth-order valence-corrected chi connectivity index (χ4v) is 2.15. The van der Waals surface area contributed by atoms with Crippen molar-refractivity contribution in [3.63, 3.8) is 0 Å². The zero-order valence-corrected chi connectivity index (χ0v) is 10.3. The standard InChI is InChI=1S/C13H24O2/c1-13(2,15-3)10-9-12(14)11-7-5-4-6-8-11/h11H,4-10H2,1-3H3. The van der Waals surface area contributed by atoms with Crippen LogP contribution in [0.3, 0.4) is 0 Å². The average molecular weight is 212 g/mol. The minimum Gasteiger partial charge on any atom is -0.379 e. The number of ether oxygens (including phenoxy) is 1. The van der Waals surface area contributed by atoms with Gasteiger partial charge < -0.3 is 4.74 Å². The minimum absolute atomic E-state index is 0.148. The lowest BCUT2D eigenvalue weighted by atomic mass is 9.84. The maximum absolute atomic E-state index is 11.9. The van der Waals surface area contributed by atoms with Gasteiger partial charge in [-0.15, -0.1) is 0 Å². The fraction of sp³-hybridized carbons (Fsp3) is 0.923. The van der Waals surface area contributed by atoms with Gasteiger partial charge in [-0.2, -0.15) is 0 Å². The second-order valence-corrected chi connectivity index (χ2v) is 5.27. The molecule has 0 radical (unpaired) electrons. The first-order valence-corrected chi connectivity index (χ1v) is 6.13. The van der Waals surface area contributed by atoms with E-state index in [4.69, 9.17) is 4.74 Å². The molecule has 0 spiro atoms. The van der Waals surface area contributed by atoms with Crippen molar-refractivity contribution in [1.82, 2.24) is 0 Å². The smallest absolute Gasteiger partial charge is 0.136 e. The molecule has 0 amide bonds. The van der Waals surface area contributed by atoms with Gasteiger partial charge in [-0.25, -0.2) is 0 Å². The van der Waals surface area contributed by atoms with E-state index in [1.165, 1.54) is 19.3 Å². The lowest BCUT2D eigenvalue weighted by molar-refractivity contribution is -0.125. The number of carbonyl (C=O) groups excluding carboxylic acids is 1. The van der Waals surface area contributed by atoms with E-state index in [2.05, 4.69) is 0 Å². The fourth-order valence-electron chi connectivity index (χ4n) is 2.15. The van der Waals surface area contributed by atoms with Gasteiger partial charge in [0.05, 0.1) is 5.60 Å². The molecule has 0 aromatic heterocycles. The highest BCUT2D eigenvalue weighted by molar-refractivity contribution is 5.81. The van der Waals surface area contributed by atoms with Gasteiger partial charge in [0.1, 0.15) is 5.78 Å². The van der Waals surface area contributed by atoms with Gasteiger partial charge in [-0.05, 0) is 33.1 Å². The van der Waals surface area contributed by atoms with Gasteiger partial charge in [0.25, 0.3) is 0 Å². The number of Topliss-reactive ketones (excluding diaryl/α,β-unsaturated/α-hetero) is 1. The Labute approximate surface area is 93.4 Å². The molecule has 0 aromatic carbocycles. The monoisotopic (exact) mass is 212 g/mol. The third-order valence-electron chi connectivity index (χ3n) is 3.59. The van der Waals surface area contributed by atoms with Crippen LogP contribution in [0.15, 0.2) is 0 Å². The first-order valence-electron chi connectivity index (χ1n) is 6.13. The number of rotatable bonds is 5. The summed E-state index contributed by atoms with van der Waals surface area (Å²) in [6, 6.07) is 0. The molecule has 0 atom stereocenters. The van der Waals surface area contributed by atoms with Crippen molar-refractivity contribution in [2.24, 2.45) is 5.92 Å². The summed E-state index contributed by atoms with van der Waals surface area (Å²) >= 11 is 0. The zero-order valence-electron chi connectivity index (χ0n) is 10.3. The van der Waals surface area contributed by atoms with E-state index in [9.17, 15) is 4.79 Å². The second-order valence-electron chi connectivity index (χ2n) is 5.27. The molecule has 2 heteroatoms. The number of hydrogen-bond acceptors (Lipinski definition) is 2. The molecule has 15 heavy (non-hydrogen) atoms. The van der Waals surface area contributed by atoms with Crippen LogP contribution in [0.25, 0.3) is 0 Å². The molecule has 2 nitrogen and oxygen atoms in total. The first-order chi connectivity index (χ1) is 7.05. The van der Waals surface area contributed by atoms with E-state index in [1.54, 1.807) is 7.11 Å². The van der Waals surface area contributed by atoms with Crippen LogP contribution >= 0.6 is 0 Å². The Kier molecular flexibility index (Phi) is 4.78. The zero-order chi connectivity index (χ0) is 11.3. The summed E-state index contributed by atoms with van der Waals surface area (Å²) in [6.07, 6.45) is 7.56. The van der Waals surface area contributed by atoms with Gasteiger partial charge in [0.15, 0.2) is 0 Å². The van der Waals surface area contributed by atoms with E-state index in [0.717, 1.165) is 19.3 Å².